The number of ether oxygens (including phenoxy) is 3. The molecule has 0 aromatic heterocycles. The quantitative estimate of drug-likeness (QED) is 0.0842. The lowest BCUT2D eigenvalue weighted by molar-refractivity contribution is -0.142. The fraction of sp³-hybridized carbons (Fsp3) is 0.255. The topological polar surface area (TPSA) is 181 Å². The first kappa shape index (κ1) is 42.5. The molecule has 4 amide bonds. The first-order chi connectivity index (χ1) is 29.1. The number of carboxylic acid groups (broad SMARTS) is 1. The van der Waals surface area contributed by atoms with E-state index >= 15 is 0 Å². The predicted molar refractivity (Wildman–Crippen MR) is 224 cm³/mol. The molecule has 1 aliphatic rings. The molecule has 310 valence electrons. The third-order valence-electron chi connectivity index (χ3n) is 10.0. The lowest BCUT2D eigenvalue weighted by atomic mass is 9.93. The first-order valence-corrected chi connectivity index (χ1v) is 19.8. The summed E-state index contributed by atoms with van der Waals surface area (Å²) in [6, 6.07) is 35.2. The van der Waals surface area contributed by atoms with Crippen LogP contribution in [0.2, 0.25) is 0 Å². The van der Waals surface area contributed by atoms with Gasteiger partial charge in [0.25, 0.3) is 0 Å². The zero-order chi connectivity index (χ0) is 42.3. The predicted octanol–water partition coefficient (Wildman–Crippen LogP) is 6.40. The van der Waals surface area contributed by atoms with E-state index in [9.17, 15) is 29.1 Å². The Morgan fingerprint density at radius 3 is 1.85 bits per heavy atom. The highest BCUT2D eigenvalue weighted by molar-refractivity contribution is 5.93. The molecule has 0 fully saturated rings. The van der Waals surface area contributed by atoms with Crippen molar-refractivity contribution in [2.75, 3.05) is 6.54 Å². The van der Waals surface area contributed by atoms with Gasteiger partial charge in [-0.2, -0.15) is 0 Å². The summed E-state index contributed by atoms with van der Waals surface area (Å²) >= 11 is 0. The summed E-state index contributed by atoms with van der Waals surface area (Å²) in [5, 5.41) is 21.0. The second-order valence-corrected chi connectivity index (χ2v) is 14.5. The number of rotatable bonds is 13. The Labute approximate surface area is 348 Å². The van der Waals surface area contributed by atoms with Gasteiger partial charge in [-0.3, -0.25) is 9.59 Å². The standard InChI is InChI=1S/C47H48N4O9/c1-31-19-20-35-24-37(31)26-41(45(54)55)50-43(52)39(18-11-23-48-46(56)59-29-33-14-7-3-8-15-33)49-44(53)40(51-47(57)60-30-34-16-9-4-10-17-34)27-38-25-36(35)21-22-42(38)58-28-32-12-5-2-6-13-32/h2-10,12-17,19-22,24-25,39-41H,11,18,23,26-30H2,1H3,(H,48,56)(H,49,53)(H,50,52)(H,51,57)(H,54,55)/t39-,40-,41-/m0/s1. The lowest BCUT2D eigenvalue weighted by Crippen LogP contribution is -2.56. The van der Waals surface area contributed by atoms with Gasteiger partial charge in [0.1, 0.15) is 43.7 Å². The molecule has 0 aliphatic carbocycles. The minimum atomic E-state index is -1.34. The molecule has 5 N–H and O–H groups in total. The Balaban J connectivity index is 1.29. The molecular weight excluding hydrogens is 765 g/mol. The Hall–Kier alpha value is -7.15. The smallest absolute Gasteiger partial charge is 0.408 e. The minimum absolute atomic E-state index is 0.00346. The average Bonchev–Trinajstić information content (AvgIpc) is 3.26. The molecule has 5 aromatic rings. The fourth-order valence-electron chi connectivity index (χ4n) is 6.71. The van der Waals surface area contributed by atoms with Crippen LogP contribution in [-0.2, 0) is 56.5 Å². The van der Waals surface area contributed by atoms with Gasteiger partial charge >= 0.3 is 18.2 Å². The number of hydrogen-bond donors (Lipinski definition) is 5. The number of benzene rings is 5. The van der Waals surface area contributed by atoms with Crippen molar-refractivity contribution in [1.29, 1.82) is 0 Å². The molecule has 60 heavy (non-hydrogen) atoms. The Kier molecular flexibility index (Phi) is 14.9. The van der Waals surface area contributed by atoms with Crippen LogP contribution in [0, 0.1) is 6.92 Å². The number of carbonyl (C=O) groups is 5. The summed E-state index contributed by atoms with van der Waals surface area (Å²) in [6.07, 6.45) is -1.42. The van der Waals surface area contributed by atoms with Crippen molar-refractivity contribution in [2.45, 2.75) is 70.6 Å². The molecule has 6 rings (SSSR count). The highest BCUT2D eigenvalue weighted by Gasteiger charge is 2.31. The number of hydrogen-bond acceptors (Lipinski definition) is 8. The van der Waals surface area contributed by atoms with Gasteiger partial charge < -0.3 is 40.6 Å². The molecule has 13 nitrogen and oxygen atoms in total. The summed E-state index contributed by atoms with van der Waals surface area (Å²) in [5.74, 6) is -2.25. The zero-order valence-electron chi connectivity index (χ0n) is 33.2. The number of carboxylic acids is 1. The van der Waals surface area contributed by atoms with Crippen molar-refractivity contribution >= 4 is 30.0 Å². The van der Waals surface area contributed by atoms with E-state index in [-0.39, 0.29) is 52.0 Å². The van der Waals surface area contributed by atoms with Crippen LogP contribution >= 0.6 is 0 Å². The molecule has 0 saturated carbocycles. The normalized spacial score (nSPS) is 16.4. The summed E-state index contributed by atoms with van der Waals surface area (Å²) < 4.78 is 17.1. The maximum atomic E-state index is 14.4. The van der Waals surface area contributed by atoms with E-state index in [0.29, 0.717) is 16.9 Å². The molecule has 1 heterocycles. The summed E-state index contributed by atoms with van der Waals surface area (Å²) in [5.41, 5.74) is 6.15. The summed E-state index contributed by atoms with van der Waals surface area (Å²) in [6.45, 7) is 2.20. The van der Waals surface area contributed by atoms with E-state index in [4.69, 9.17) is 14.2 Å². The average molecular weight is 813 g/mol. The molecule has 0 spiro atoms. The van der Waals surface area contributed by atoms with Crippen molar-refractivity contribution < 1.29 is 43.3 Å². The maximum absolute atomic E-state index is 14.4. The second-order valence-electron chi connectivity index (χ2n) is 14.5. The van der Waals surface area contributed by atoms with Crippen molar-refractivity contribution in [2.24, 2.45) is 0 Å². The van der Waals surface area contributed by atoms with Crippen molar-refractivity contribution in [3.8, 4) is 16.9 Å². The van der Waals surface area contributed by atoms with Gasteiger partial charge in [0.15, 0.2) is 0 Å². The monoisotopic (exact) mass is 812 g/mol. The molecule has 0 radical (unpaired) electrons. The molecule has 3 atom stereocenters. The van der Waals surface area contributed by atoms with Gasteiger partial charge in [-0.15, -0.1) is 0 Å². The van der Waals surface area contributed by atoms with Gasteiger partial charge in [0.2, 0.25) is 11.8 Å². The van der Waals surface area contributed by atoms with Gasteiger partial charge in [0.05, 0.1) is 0 Å². The number of fused-ring (bicyclic) bond motifs is 5. The largest absolute Gasteiger partial charge is 0.489 e. The zero-order valence-corrected chi connectivity index (χ0v) is 33.2. The molecular formula is C47H48N4O9. The number of carbonyl (C=O) groups excluding carboxylic acids is 4. The first-order valence-electron chi connectivity index (χ1n) is 19.8. The van der Waals surface area contributed by atoms with E-state index in [1.807, 2.05) is 116 Å². The fourth-order valence-corrected chi connectivity index (χ4v) is 6.71. The molecule has 0 unspecified atom stereocenters. The summed E-state index contributed by atoms with van der Waals surface area (Å²) in [4.78, 5) is 66.8. The van der Waals surface area contributed by atoms with Crippen LogP contribution in [0.15, 0.2) is 127 Å². The number of nitrogens with one attached hydrogen (secondary N) is 4. The number of amides is 4. The SMILES string of the molecule is Cc1ccc2cc1C[C@@H](C(=O)O)NC(=O)[C@H](CCCNC(=O)OCc1ccccc1)NC(=O)[C@@H](NC(=O)OCc1ccccc1)Cc1cc-2ccc1OCc1ccccc1. The molecule has 0 saturated heterocycles. The maximum Gasteiger partial charge on any atom is 0.408 e. The van der Waals surface area contributed by atoms with E-state index < -0.39 is 48.1 Å². The third-order valence-corrected chi connectivity index (χ3v) is 10.0. The molecule has 1 aliphatic heterocycles. The Morgan fingerprint density at radius 1 is 0.667 bits per heavy atom. The van der Waals surface area contributed by atoms with Crippen molar-refractivity contribution in [1.82, 2.24) is 21.3 Å². The van der Waals surface area contributed by atoms with Crippen molar-refractivity contribution in [3.05, 3.63) is 161 Å². The van der Waals surface area contributed by atoms with E-state index in [0.717, 1.165) is 33.4 Å². The molecule has 13 heteroatoms. The third kappa shape index (κ3) is 12.4. The minimum Gasteiger partial charge on any atom is -0.489 e. The van der Waals surface area contributed by atoms with Crippen LogP contribution in [0.1, 0.15) is 46.2 Å². The number of aliphatic carboxylic acids is 1. The van der Waals surface area contributed by atoms with E-state index in [2.05, 4.69) is 21.3 Å². The molecule has 4 bridgehead atoms. The summed E-state index contributed by atoms with van der Waals surface area (Å²) in [7, 11) is 0. The van der Waals surface area contributed by atoms with Crippen LogP contribution in [0.25, 0.3) is 11.1 Å². The lowest BCUT2D eigenvalue weighted by Gasteiger charge is -2.25. The van der Waals surface area contributed by atoms with Gasteiger partial charge in [0, 0.05) is 19.4 Å². The van der Waals surface area contributed by atoms with Gasteiger partial charge in [-0.25, -0.2) is 14.4 Å². The molecule has 5 aromatic carbocycles. The second kappa shape index (κ2) is 21.0. The van der Waals surface area contributed by atoms with Crippen LogP contribution in [0.5, 0.6) is 5.75 Å². The van der Waals surface area contributed by atoms with E-state index in [1.54, 1.807) is 18.2 Å². The van der Waals surface area contributed by atoms with Crippen LogP contribution in [0.4, 0.5) is 9.59 Å². The highest BCUT2D eigenvalue weighted by atomic mass is 16.6. The van der Waals surface area contributed by atoms with Crippen LogP contribution in [0.3, 0.4) is 0 Å². The number of alkyl carbamates (subject to hydrolysis) is 2. The Morgan fingerprint density at radius 2 is 1.23 bits per heavy atom. The number of aryl methyl sites for hydroxylation is 1. The van der Waals surface area contributed by atoms with E-state index in [1.165, 1.54) is 0 Å². The van der Waals surface area contributed by atoms with Crippen LogP contribution in [-0.4, -0.2) is 59.7 Å². The van der Waals surface area contributed by atoms with Gasteiger partial charge in [-0.1, -0.05) is 115 Å². The van der Waals surface area contributed by atoms with Crippen molar-refractivity contribution in [3.63, 3.8) is 0 Å². The van der Waals surface area contributed by atoms with Crippen LogP contribution < -0.4 is 26.0 Å². The highest BCUT2D eigenvalue weighted by Crippen LogP contribution is 2.30. The Bertz CT molecular complexity index is 2250. The van der Waals surface area contributed by atoms with Gasteiger partial charge in [-0.05, 0) is 76.4 Å².